The van der Waals surface area contributed by atoms with E-state index in [4.69, 9.17) is 0 Å². The summed E-state index contributed by atoms with van der Waals surface area (Å²) in [7, 11) is 0. The largest absolute Gasteiger partial charge is 0.317 e. The number of carbonyl (C=O) groups excluding carboxylic acids is 1. The number of nitrogens with one attached hydrogen (secondary N) is 1. The van der Waals surface area contributed by atoms with Crippen LogP contribution in [0.4, 0.5) is 11.4 Å². The van der Waals surface area contributed by atoms with E-state index in [0.29, 0.717) is 5.56 Å². The Balaban J connectivity index is 2.23. The van der Waals surface area contributed by atoms with Gasteiger partial charge in [0.05, 0.1) is 4.92 Å². The van der Waals surface area contributed by atoms with Gasteiger partial charge in [-0.3, -0.25) is 14.9 Å². The Bertz CT molecular complexity index is 737. The standard InChI is InChI=1S/C17H16N2O3/c1-12-8-10-15(19(21)22)17(13(12)2)18-16(20)11-9-14-6-4-3-5-7-14/h3-11H,1-2H3,(H,18,20). The number of nitro groups is 1. The van der Waals surface area contributed by atoms with E-state index in [9.17, 15) is 14.9 Å². The van der Waals surface area contributed by atoms with Gasteiger partial charge in [0.1, 0.15) is 5.69 Å². The van der Waals surface area contributed by atoms with Gasteiger partial charge in [-0.15, -0.1) is 0 Å². The molecule has 2 rings (SSSR count). The molecule has 22 heavy (non-hydrogen) atoms. The summed E-state index contributed by atoms with van der Waals surface area (Å²) in [5.74, 6) is -0.402. The molecule has 0 atom stereocenters. The minimum absolute atomic E-state index is 0.107. The van der Waals surface area contributed by atoms with Gasteiger partial charge in [-0.25, -0.2) is 0 Å². The van der Waals surface area contributed by atoms with Crippen molar-refractivity contribution >= 4 is 23.4 Å². The fraction of sp³-hybridized carbons (Fsp3) is 0.118. The van der Waals surface area contributed by atoms with Gasteiger partial charge in [-0.1, -0.05) is 36.4 Å². The van der Waals surface area contributed by atoms with Gasteiger partial charge in [0.25, 0.3) is 5.69 Å². The monoisotopic (exact) mass is 296 g/mol. The molecular formula is C17H16N2O3. The fourth-order valence-electron chi connectivity index (χ4n) is 2.01. The summed E-state index contributed by atoms with van der Waals surface area (Å²) >= 11 is 0. The lowest BCUT2D eigenvalue weighted by Gasteiger charge is -2.09. The molecular weight excluding hydrogens is 280 g/mol. The number of carbonyl (C=O) groups is 1. The number of amides is 1. The minimum atomic E-state index is -0.497. The third-order valence-corrected chi connectivity index (χ3v) is 3.39. The highest BCUT2D eigenvalue weighted by Crippen LogP contribution is 2.30. The Morgan fingerprint density at radius 2 is 1.82 bits per heavy atom. The molecule has 0 aliphatic carbocycles. The molecule has 0 heterocycles. The average Bonchev–Trinajstić information content (AvgIpc) is 2.50. The number of nitro benzene ring substituents is 1. The highest BCUT2D eigenvalue weighted by Gasteiger charge is 2.18. The van der Waals surface area contributed by atoms with Crippen molar-refractivity contribution in [3.63, 3.8) is 0 Å². The highest BCUT2D eigenvalue weighted by molar-refractivity contribution is 6.03. The molecule has 5 nitrogen and oxygen atoms in total. The van der Waals surface area contributed by atoms with Crippen LogP contribution in [0.15, 0.2) is 48.5 Å². The molecule has 1 amide bonds. The predicted molar refractivity (Wildman–Crippen MR) is 86.7 cm³/mol. The first-order valence-corrected chi connectivity index (χ1v) is 6.77. The molecule has 0 fully saturated rings. The second-order valence-electron chi connectivity index (χ2n) is 4.89. The van der Waals surface area contributed by atoms with Gasteiger partial charge in [0.15, 0.2) is 0 Å². The van der Waals surface area contributed by atoms with Crippen LogP contribution < -0.4 is 5.32 Å². The van der Waals surface area contributed by atoms with Crippen molar-refractivity contribution in [3.05, 3.63) is 75.3 Å². The number of benzene rings is 2. The van der Waals surface area contributed by atoms with Gasteiger partial charge < -0.3 is 5.32 Å². The molecule has 2 aromatic carbocycles. The molecule has 112 valence electrons. The van der Waals surface area contributed by atoms with Crippen LogP contribution in [0, 0.1) is 24.0 Å². The van der Waals surface area contributed by atoms with Crippen molar-refractivity contribution < 1.29 is 9.72 Å². The Hall–Kier alpha value is -2.95. The van der Waals surface area contributed by atoms with Crippen LogP contribution in [0.2, 0.25) is 0 Å². The molecule has 0 unspecified atom stereocenters. The van der Waals surface area contributed by atoms with Crippen LogP contribution in [0.25, 0.3) is 6.08 Å². The second kappa shape index (κ2) is 6.67. The molecule has 0 saturated heterocycles. The molecule has 0 aliphatic rings. The van der Waals surface area contributed by atoms with Crippen molar-refractivity contribution in [1.29, 1.82) is 0 Å². The summed E-state index contributed by atoms with van der Waals surface area (Å²) in [5, 5.41) is 13.7. The van der Waals surface area contributed by atoms with Crippen molar-refractivity contribution in [2.24, 2.45) is 0 Å². The molecule has 1 N–H and O–H groups in total. The van der Waals surface area contributed by atoms with E-state index < -0.39 is 10.8 Å². The molecule has 5 heteroatoms. The van der Waals surface area contributed by atoms with Crippen molar-refractivity contribution in [3.8, 4) is 0 Å². The first-order chi connectivity index (χ1) is 10.5. The van der Waals surface area contributed by atoms with Gasteiger partial charge in [0.2, 0.25) is 5.91 Å². The first-order valence-electron chi connectivity index (χ1n) is 6.77. The van der Waals surface area contributed by atoms with Crippen LogP contribution in [-0.2, 0) is 4.79 Å². The summed E-state index contributed by atoms with van der Waals surface area (Å²) in [6, 6.07) is 12.4. The molecule has 0 aromatic heterocycles. The number of nitrogens with zero attached hydrogens (tertiary/aromatic N) is 1. The topological polar surface area (TPSA) is 72.2 Å². The zero-order chi connectivity index (χ0) is 16.1. The summed E-state index contributed by atoms with van der Waals surface area (Å²) in [6.45, 7) is 3.59. The zero-order valence-electron chi connectivity index (χ0n) is 12.4. The van der Waals surface area contributed by atoms with Crippen molar-refractivity contribution in [2.45, 2.75) is 13.8 Å². The number of hydrogen-bond donors (Lipinski definition) is 1. The maximum atomic E-state index is 12.0. The molecule has 0 saturated carbocycles. The van der Waals surface area contributed by atoms with Crippen LogP contribution >= 0.6 is 0 Å². The lowest BCUT2D eigenvalue weighted by Crippen LogP contribution is -2.11. The summed E-state index contributed by atoms with van der Waals surface area (Å²) < 4.78 is 0. The highest BCUT2D eigenvalue weighted by atomic mass is 16.6. The average molecular weight is 296 g/mol. The summed E-state index contributed by atoms with van der Waals surface area (Å²) in [4.78, 5) is 22.6. The van der Waals surface area contributed by atoms with E-state index in [2.05, 4.69) is 5.32 Å². The van der Waals surface area contributed by atoms with E-state index in [-0.39, 0.29) is 11.4 Å². The molecule has 0 bridgehead atoms. The van der Waals surface area contributed by atoms with Crippen LogP contribution in [0.3, 0.4) is 0 Å². The Labute approximate surface area is 128 Å². The first kappa shape index (κ1) is 15.4. The maximum absolute atomic E-state index is 12.0. The van der Waals surface area contributed by atoms with Gasteiger partial charge >= 0.3 is 0 Å². The lowest BCUT2D eigenvalue weighted by atomic mass is 10.1. The summed E-state index contributed by atoms with van der Waals surface area (Å²) in [6.07, 6.45) is 3.02. The third kappa shape index (κ3) is 3.58. The number of aryl methyl sites for hydroxylation is 1. The quantitative estimate of drug-likeness (QED) is 0.529. The Morgan fingerprint density at radius 3 is 2.45 bits per heavy atom. The summed E-state index contributed by atoms with van der Waals surface area (Å²) in [5.41, 5.74) is 2.59. The van der Waals surface area contributed by atoms with Gasteiger partial charge in [0, 0.05) is 12.1 Å². The lowest BCUT2D eigenvalue weighted by molar-refractivity contribution is -0.384. The van der Waals surface area contributed by atoms with Crippen molar-refractivity contribution in [2.75, 3.05) is 5.32 Å². The number of rotatable bonds is 4. The predicted octanol–water partition coefficient (Wildman–Crippen LogP) is 3.86. The van der Waals surface area contributed by atoms with E-state index in [1.165, 1.54) is 12.1 Å². The Kier molecular flexibility index (Phi) is 4.68. The second-order valence-corrected chi connectivity index (χ2v) is 4.89. The Morgan fingerprint density at radius 1 is 1.14 bits per heavy atom. The number of anilines is 1. The zero-order valence-corrected chi connectivity index (χ0v) is 12.4. The SMILES string of the molecule is Cc1ccc([N+](=O)[O-])c(NC(=O)C=Cc2ccccc2)c1C. The molecule has 0 aliphatic heterocycles. The fourth-order valence-corrected chi connectivity index (χ4v) is 2.01. The van der Waals surface area contributed by atoms with E-state index in [1.54, 1.807) is 19.1 Å². The van der Waals surface area contributed by atoms with E-state index in [0.717, 1.165) is 11.1 Å². The van der Waals surface area contributed by atoms with E-state index >= 15 is 0 Å². The number of hydrogen-bond acceptors (Lipinski definition) is 3. The van der Waals surface area contributed by atoms with Gasteiger partial charge in [-0.2, -0.15) is 0 Å². The maximum Gasteiger partial charge on any atom is 0.293 e. The van der Waals surface area contributed by atoms with Crippen LogP contribution in [0.5, 0.6) is 0 Å². The van der Waals surface area contributed by atoms with Gasteiger partial charge in [-0.05, 0) is 36.6 Å². The molecule has 0 radical (unpaired) electrons. The van der Waals surface area contributed by atoms with E-state index in [1.807, 2.05) is 37.3 Å². The normalized spacial score (nSPS) is 10.6. The van der Waals surface area contributed by atoms with Crippen molar-refractivity contribution in [1.82, 2.24) is 0 Å². The third-order valence-electron chi connectivity index (χ3n) is 3.39. The minimum Gasteiger partial charge on any atom is -0.317 e. The molecule has 0 spiro atoms. The molecule has 2 aromatic rings. The smallest absolute Gasteiger partial charge is 0.293 e. The van der Waals surface area contributed by atoms with Crippen LogP contribution in [-0.4, -0.2) is 10.8 Å². The van der Waals surface area contributed by atoms with Crippen LogP contribution in [0.1, 0.15) is 16.7 Å².